The lowest BCUT2D eigenvalue weighted by atomic mass is 9.92. The Morgan fingerprint density at radius 1 is 0.966 bits per heavy atom. The van der Waals surface area contributed by atoms with E-state index in [1.54, 1.807) is 0 Å². The summed E-state index contributed by atoms with van der Waals surface area (Å²) in [4.78, 5) is 12.1. The van der Waals surface area contributed by atoms with Gasteiger partial charge in [0.2, 0.25) is 0 Å². The van der Waals surface area contributed by atoms with Crippen molar-refractivity contribution in [2.45, 2.75) is 51.8 Å². The predicted octanol–water partition coefficient (Wildman–Crippen LogP) is 4.67. The van der Waals surface area contributed by atoms with Crippen molar-refractivity contribution in [3.8, 4) is 0 Å². The monoisotopic (exact) mass is 398 g/mol. The molecule has 0 unspecified atom stereocenters. The maximum atomic E-state index is 12.1. The van der Waals surface area contributed by atoms with E-state index < -0.39 is 6.29 Å². The zero-order valence-electron chi connectivity index (χ0n) is 17.2. The summed E-state index contributed by atoms with van der Waals surface area (Å²) in [6, 6.07) is 19.9. The summed E-state index contributed by atoms with van der Waals surface area (Å²) in [7, 11) is 0. The Balaban J connectivity index is 1.60. The van der Waals surface area contributed by atoms with Crippen LogP contribution >= 0.6 is 0 Å². The Bertz CT molecular complexity index is 733. The van der Waals surface area contributed by atoms with E-state index in [4.69, 9.17) is 18.9 Å². The summed E-state index contributed by atoms with van der Waals surface area (Å²) in [6.07, 6.45) is 0.144. The summed E-state index contributed by atoms with van der Waals surface area (Å²) in [6.45, 7) is 5.40. The number of hydrogen-bond acceptors (Lipinski definition) is 5. The molecule has 0 amide bonds. The van der Waals surface area contributed by atoms with Crippen LogP contribution in [0.4, 0.5) is 0 Å². The van der Waals surface area contributed by atoms with Gasteiger partial charge < -0.3 is 18.9 Å². The Morgan fingerprint density at radius 3 is 2.31 bits per heavy atom. The highest BCUT2D eigenvalue weighted by molar-refractivity contribution is 5.70. The Morgan fingerprint density at radius 2 is 1.62 bits per heavy atom. The predicted molar refractivity (Wildman–Crippen MR) is 110 cm³/mol. The first-order valence-electron chi connectivity index (χ1n) is 10.3. The van der Waals surface area contributed by atoms with Gasteiger partial charge in [0.15, 0.2) is 6.29 Å². The summed E-state index contributed by atoms with van der Waals surface area (Å²) < 4.78 is 23.4. The molecule has 0 N–H and O–H groups in total. The van der Waals surface area contributed by atoms with Crippen molar-refractivity contribution in [2.75, 3.05) is 13.2 Å². The summed E-state index contributed by atoms with van der Waals surface area (Å²) in [5.41, 5.74) is 2.10. The van der Waals surface area contributed by atoms with E-state index in [1.165, 1.54) is 0 Å². The van der Waals surface area contributed by atoms with Crippen molar-refractivity contribution < 1.29 is 23.7 Å². The molecule has 3 rings (SSSR count). The van der Waals surface area contributed by atoms with Crippen LogP contribution in [-0.2, 0) is 30.3 Å². The highest BCUT2D eigenvalue weighted by atomic mass is 16.7. The van der Waals surface area contributed by atoms with E-state index in [0.29, 0.717) is 19.8 Å². The Hall–Kier alpha value is -2.21. The van der Waals surface area contributed by atoms with Gasteiger partial charge in [-0.1, -0.05) is 67.6 Å². The SMILES string of the molecule is CCOC(=O)C[C@H]1O[C@@H](c2ccccc2)O[C@@H](CCOCc2ccccc2)[C@H]1C. The van der Waals surface area contributed by atoms with Crippen molar-refractivity contribution in [3.63, 3.8) is 0 Å². The molecule has 1 aliphatic heterocycles. The number of esters is 1. The molecule has 2 aromatic carbocycles. The summed E-state index contributed by atoms with van der Waals surface area (Å²) >= 11 is 0. The molecule has 1 saturated heterocycles. The zero-order valence-corrected chi connectivity index (χ0v) is 17.2. The van der Waals surface area contributed by atoms with Crippen molar-refractivity contribution in [1.29, 1.82) is 0 Å². The molecule has 2 aromatic rings. The second kappa shape index (κ2) is 11.1. The minimum absolute atomic E-state index is 0.0553. The first-order chi connectivity index (χ1) is 14.2. The van der Waals surface area contributed by atoms with Crippen LogP contribution in [-0.4, -0.2) is 31.4 Å². The molecule has 0 bridgehead atoms. The second-order valence-electron chi connectivity index (χ2n) is 7.29. The smallest absolute Gasteiger partial charge is 0.308 e. The van der Waals surface area contributed by atoms with E-state index in [-0.39, 0.29) is 30.5 Å². The number of hydrogen-bond donors (Lipinski definition) is 0. The molecule has 29 heavy (non-hydrogen) atoms. The van der Waals surface area contributed by atoms with E-state index in [1.807, 2.05) is 67.6 Å². The zero-order chi connectivity index (χ0) is 20.5. The average molecular weight is 398 g/mol. The average Bonchev–Trinajstić information content (AvgIpc) is 2.75. The molecule has 4 atom stereocenters. The minimum atomic E-state index is -0.494. The van der Waals surface area contributed by atoms with Gasteiger partial charge in [0.05, 0.1) is 31.8 Å². The van der Waals surface area contributed by atoms with Gasteiger partial charge in [-0.05, 0) is 18.9 Å². The highest BCUT2D eigenvalue weighted by Crippen LogP contribution is 2.36. The maximum Gasteiger partial charge on any atom is 0.308 e. The highest BCUT2D eigenvalue weighted by Gasteiger charge is 2.38. The molecule has 1 heterocycles. The largest absolute Gasteiger partial charge is 0.466 e. The molecule has 0 aliphatic carbocycles. The molecule has 5 heteroatoms. The quantitative estimate of drug-likeness (QED) is 0.454. The molecule has 1 fully saturated rings. The fourth-order valence-electron chi connectivity index (χ4n) is 3.52. The Labute approximate surface area is 172 Å². The number of carbonyl (C=O) groups is 1. The van der Waals surface area contributed by atoms with Crippen molar-refractivity contribution >= 4 is 5.97 Å². The van der Waals surface area contributed by atoms with Gasteiger partial charge in [-0.15, -0.1) is 0 Å². The van der Waals surface area contributed by atoms with Crippen LogP contribution in [0.15, 0.2) is 60.7 Å². The minimum Gasteiger partial charge on any atom is -0.466 e. The lowest BCUT2D eigenvalue weighted by molar-refractivity contribution is -0.274. The van der Waals surface area contributed by atoms with Crippen molar-refractivity contribution in [1.82, 2.24) is 0 Å². The van der Waals surface area contributed by atoms with Crippen LogP contribution < -0.4 is 0 Å². The van der Waals surface area contributed by atoms with E-state index in [2.05, 4.69) is 6.92 Å². The van der Waals surface area contributed by atoms with Gasteiger partial charge in [-0.2, -0.15) is 0 Å². The number of ether oxygens (including phenoxy) is 4. The van der Waals surface area contributed by atoms with Gasteiger partial charge in [0.1, 0.15) is 0 Å². The van der Waals surface area contributed by atoms with Gasteiger partial charge >= 0.3 is 5.97 Å². The molecule has 156 valence electrons. The van der Waals surface area contributed by atoms with Crippen LogP contribution in [0.2, 0.25) is 0 Å². The van der Waals surface area contributed by atoms with E-state index >= 15 is 0 Å². The molecular weight excluding hydrogens is 368 g/mol. The lowest BCUT2D eigenvalue weighted by Gasteiger charge is -2.40. The molecule has 1 aliphatic rings. The molecular formula is C24H30O5. The van der Waals surface area contributed by atoms with Gasteiger partial charge in [0, 0.05) is 18.1 Å². The number of carbonyl (C=O) groups excluding carboxylic acids is 1. The fourth-order valence-corrected chi connectivity index (χ4v) is 3.52. The van der Waals surface area contributed by atoms with Crippen LogP contribution in [0, 0.1) is 5.92 Å². The van der Waals surface area contributed by atoms with Crippen LogP contribution in [0.1, 0.15) is 44.1 Å². The first-order valence-corrected chi connectivity index (χ1v) is 10.3. The van der Waals surface area contributed by atoms with Crippen LogP contribution in [0.25, 0.3) is 0 Å². The normalized spacial score (nSPS) is 24.2. The van der Waals surface area contributed by atoms with Gasteiger partial charge in [-0.3, -0.25) is 4.79 Å². The third-order valence-electron chi connectivity index (χ3n) is 5.17. The molecule has 0 saturated carbocycles. The van der Waals surface area contributed by atoms with Crippen molar-refractivity contribution in [2.24, 2.45) is 5.92 Å². The lowest BCUT2D eigenvalue weighted by Crippen LogP contribution is -2.43. The summed E-state index contributed by atoms with van der Waals surface area (Å²) in [5, 5.41) is 0. The molecule has 0 radical (unpaired) electrons. The Kier molecular flexibility index (Phi) is 8.23. The van der Waals surface area contributed by atoms with Crippen LogP contribution in [0.5, 0.6) is 0 Å². The maximum absolute atomic E-state index is 12.1. The first kappa shape index (κ1) is 21.5. The molecule has 0 aromatic heterocycles. The van der Waals surface area contributed by atoms with Crippen molar-refractivity contribution in [3.05, 3.63) is 71.8 Å². The fraction of sp³-hybridized carbons (Fsp3) is 0.458. The standard InChI is InChI=1S/C24H30O5/c1-3-27-23(25)16-22-18(2)21(14-15-26-17-19-10-6-4-7-11-19)28-24(29-22)20-12-8-5-9-13-20/h4-13,18,21-22,24H,3,14-17H2,1-2H3/t18-,21+,22-,24+/m1/s1. The number of benzene rings is 2. The summed E-state index contributed by atoms with van der Waals surface area (Å²) in [5.74, 6) is -0.183. The van der Waals surface area contributed by atoms with E-state index in [9.17, 15) is 4.79 Å². The van der Waals surface area contributed by atoms with Crippen LogP contribution in [0.3, 0.4) is 0 Å². The molecule has 0 spiro atoms. The second-order valence-corrected chi connectivity index (χ2v) is 7.29. The number of rotatable bonds is 9. The third-order valence-corrected chi connectivity index (χ3v) is 5.17. The van der Waals surface area contributed by atoms with Gasteiger partial charge in [0.25, 0.3) is 0 Å². The third kappa shape index (κ3) is 6.39. The topological polar surface area (TPSA) is 54.0 Å². The molecule has 5 nitrogen and oxygen atoms in total. The van der Waals surface area contributed by atoms with Gasteiger partial charge in [-0.25, -0.2) is 0 Å². The van der Waals surface area contributed by atoms with E-state index in [0.717, 1.165) is 17.5 Å².